The van der Waals surface area contributed by atoms with Crippen LogP contribution in [0.3, 0.4) is 0 Å². The van der Waals surface area contributed by atoms with E-state index in [0.29, 0.717) is 30.2 Å². The smallest absolute Gasteiger partial charge is 0.332 e. The quantitative estimate of drug-likeness (QED) is 0.424. The van der Waals surface area contributed by atoms with Crippen molar-refractivity contribution in [1.82, 2.24) is 5.32 Å². The zero-order chi connectivity index (χ0) is 20.7. The number of ether oxygens (including phenoxy) is 2. The molecule has 1 amide bonds. The molecule has 2 aromatic rings. The van der Waals surface area contributed by atoms with Crippen LogP contribution in [0.2, 0.25) is 0 Å². The molecule has 0 saturated carbocycles. The molecule has 0 bridgehead atoms. The van der Waals surface area contributed by atoms with Crippen LogP contribution in [0.4, 0.5) is 0 Å². The Morgan fingerprint density at radius 3 is 2.39 bits per heavy atom. The lowest BCUT2D eigenvalue weighted by atomic mass is 10.1. The first-order valence-electron chi connectivity index (χ1n) is 8.67. The summed E-state index contributed by atoms with van der Waals surface area (Å²) in [7, 11) is 3.13. The Bertz CT molecular complexity index is 865. The van der Waals surface area contributed by atoms with Crippen LogP contribution in [0.5, 0.6) is 11.5 Å². The highest BCUT2D eigenvalue weighted by atomic mass is 16.7. The van der Waals surface area contributed by atoms with Gasteiger partial charge in [0.2, 0.25) is 5.71 Å². The largest absolute Gasteiger partial charge is 0.493 e. The summed E-state index contributed by atoms with van der Waals surface area (Å²) >= 11 is 0. The van der Waals surface area contributed by atoms with Crippen LogP contribution in [0.25, 0.3) is 0 Å². The average Bonchev–Trinajstić information content (AvgIpc) is 2.99. The fourth-order valence-corrected chi connectivity index (χ4v) is 2.44. The number of carbonyl (C=O) groups is 2. The standard InChI is InChI=1S/C20H24N2O6/c1-12-10-18(27-13(12)2)19(22-28-14(3)23)20(24)21-9-8-15-6-7-16(25-4)17(11-15)26-5/h6-7,10-11H,8-9H2,1-5H3,(H,21,24). The molecule has 0 saturated heterocycles. The molecule has 0 radical (unpaired) electrons. The number of nitrogens with zero attached hydrogens (tertiary/aromatic N) is 1. The number of hydrogen-bond donors (Lipinski definition) is 1. The van der Waals surface area contributed by atoms with Gasteiger partial charge in [-0.3, -0.25) is 4.79 Å². The van der Waals surface area contributed by atoms with Crippen LogP contribution in [-0.4, -0.2) is 38.4 Å². The fraction of sp³-hybridized carbons (Fsp3) is 0.350. The van der Waals surface area contributed by atoms with Gasteiger partial charge in [-0.1, -0.05) is 11.2 Å². The molecule has 0 aliphatic rings. The molecule has 0 unspecified atom stereocenters. The Kier molecular flexibility index (Phi) is 7.20. The number of methoxy groups -OCH3 is 2. The van der Waals surface area contributed by atoms with E-state index in [1.807, 2.05) is 19.1 Å². The van der Waals surface area contributed by atoms with Gasteiger partial charge in [0.15, 0.2) is 17.3 Å². The lowest BCUT2D eigenvalue weighted by molar-refractivity contribution is -0.140. The van der Waals surface area contributed by atoms with E-state index in [0.717, 1.165) is 11.1 Å². The summed E-state index contributed by atoms with van der Waals surface area (Å²) in [6, 6.07) is 7.21. The summed E-state index contributed by atoms with van der Waals surface area (Å²) in [6.07, 6.45) is 0.559. The number of carbonyl (C=O) groups excluding carboxylic acids is 2. The maximum absolute atomic E-state index is 12.6. The predicted molar refractivity (Wildman–Crippen MR) is 103 cm³/mol. The molecule has 0 aliphatic heterocycles. The lowest BCUT2D eigenvalue weighted by Crippen LogP contribution is -2.33. The molecule has 0 aliphatic carbocycles. The lowest BCUT2D eigenvalue weighted by Gasteiger charge is -2.10. The minimum atomic E-state index is -0.629. The van der Waals surface area contributed by atoms with E-state index in [1.165, 1.54) is 6.92 Å². The number of aryl methyl sites for hydroxylation is 2. The van der Waals surface area contributed by atoms with Gasteiger partial charge < -0.3 is 24.0 Å². The molecule has 1 N–H and O–H groups in total. The van der Waals surface area contributed by atoms with Crippen molar-refractivity contribution in [2.24, 2.45) is 5.16 Å². The molecule has 28 heavy (non-hydrogen) atoms. The summed E-state index contributed by atoms with van der Waals surface area (Å²) in [5.74, 6) is 1.01. The molecular formula is C20H24N2O6. The SMILES string of the molecule is COc1ccc(CCNC(=O)C(=NOC(C)=O)c2cc(C)c(C)o2)cc1OC. The second-order valence-electron chi connectivity index (χ2n) is 6.07. The first-order chi connectivity index (χ1) is 13.3. The van der Waals surface area contributed by atoms with Crippen LogP contribution in [0, 0.1) is 13.8 Å². The van der Waals surface area contributed by atoms with Gasteiger partial charge in [-0.05, 0) is 49.6 Å². The third kappa shape index (κ3) is 5.35. The van der Waals surface area contributed by atoms with Crippen LogP contribution in [0.1, 0.15) is 29.6 Å². The number of nitrogens with one attached hydrogen (secondary N) is 1. The van der Waals surface area contributed by atoms with Gasteiger partial charge in [-0.2, -0.15) is 0 Å². The topological polar surface area (TPSA) is 99.4 Å². The number of rotatable bonds is 8. The van der Waals surface area contributed by atoms with E-state index in [4.69, 9.17) is 13.9 Å². The van der Waals surface area contributed by atoms with Crippen molar-refractivity contribution in [2.75, 3.05) is 20.8 Å². The molecule has 8 heteroatoms. The number of amides is 1. The van der Waals surface area contributed by atoms with E-state index in [2.05, 4.69) is 15.3 Å². The third-order valence-corrected chi connectivity index (χ3v) is 4.03. The summed E-state index contributed by atoms with van der Waals surface area (Å²) in [4.78, 5) is 28.3. The monoisotopic (exact) mass is 388 g/mol. The van der Waals surface area contributed by atoms with Gasteiger partial charge >= 0.3 is 5.97 Å². The minimum Gasteiger partial charge on any atom is -0.493 e. The Morgan fingerprint density at radius 2 is 1.82 bits per heavy atom. The Balaban J connectivity index is 2.07. The molecule has 150 valence electrons. The maximum Gasteiger partial charge on any atom is 0.332 e. The van der Waals surface area contributed by atoms with Gasteiger partial charge in [0.25, 0.3) is 5.91 Å². The van der Waals surface area contributed by atoms with Crippen molar-refractivity contribution < 1.29 is 28.3 Å². The van der Waals surface area contributed by atoms with E-state index in [-0.39, 0.29) is 11.5 Å². The van der Waals surface area contributed by atoms with Gasteiger partial charge in [-0.15, -0.1) is 0 Å². The van der Waals surface area contributed by atoms with Crippen molar-refractivity contribution in [3.05, 3.63) is 46.9 Å². The first kappa shape index (κ1) is 21.0. The highest BCUT2D eigenvalue weighted by molar-refractivity contribution is 6.44. The van der Waals surface area contributed by atoms with Crippen LogP contribution < -0.4 is 14.8 Å². The number of hydrogen-bond acceptors (Lipinski definition) is 7. The molecule has 0 fully saturated rings. The van der Waals surface area contributed by atoms with Crippen molar-refractivity contribution in [3.63, 3.8) is 0 Å². The number of oxime groups is 1. The third-order valence-electron chi connectivity index (χ3n) is 4.03. The second-order valence-corrected chi connectivity index (χ2v) is 6.07. The van der Waals surface area contributed by atoms with Crippen molar-refractivity contribution in [2.45, 2.75) is 27.2 Å². The fourth-order valence-electron chi connectivity index (χ4n) is 2.44. The summed E-state index contributed by atoms with van der Waals surface area (Å²) in [6.45, 7) is 5.17. The normalized spacial score (nSPS) is 11.1. The maximum atomic E-state index is 12.6. The van der Waals surface area contributed by atoms with E-state index >= 15 is 0 Å². The summed E-state index contributed by atoms with van der Waals surface area (Å²) in [5, 5.41) is 6.40. The molecule has 1 heterocycles. The zero-order valence-corrected chi connectivity index (χ0v) is 16.6. The molecule has 0 spiro atoms. The van der Waals surface area contributed by atoms with Crippen molar-refractivity contribution in [1.29, 1.82) is 0 Å². The number of furan rings is 1. The van der Waals surface area contributed by atoms with Crippen LogP contribution >= 0.6 is 0 Å². The van der Waals surface area contributed by atoms with E-state index < -0.39 is 11.9 Å². The van der Waals surface area contributed by atoms with Gasteiger partial charge in [0, 0.05) is 13.5 Å². The van der Waals surface area contributed by atoms with Gasteiger partial charge in [0.05, 0.1) is 14.2 Å². The van der Waals surface area contributed by atoms with Crippen molar-refractivity contribution >= 4 is 17.6 Å². The molecule has 1 aromatic heterocycles. The molecule has 0 atom stereocenters. The zero-order valence-electron chi connectivity index (χ0n) is 16.6. The van der Waals surface area contributed by atoms with Gasteiger partial charge in [0.1, 0.15) is 5.76 Å². The van der Waals surface area contributed by atoms with E-state index in [1.54, 1.807) is 33.3 Å². The Labute approximate surface area is 163 Å². The predicted octanol–water partition coefficient (Wildman–Crippen LogP) is 2.54. The summed E-state index contributed by atoms with van der Waals surface area (Å²) in [5.41, 5.74) is 1.73. The number of benzene rings is 1. The van der Waals surface area contributed by atoms with Crippen LogP contribution in [0.15, 0.2) is 33.8 Å². The summed E-state index contributed by atoms with van der Waals surface area (Å²) < 4.78 is 16.0. The minimum absolute atomic E-state index is 0.0984. The first-order valence-corrected chi connectivity index (χ1v) is 8.67. The molecular weight excluding hydrogens is 364 g/mol. The average molecular weight is 388 g/mol. The Hall–Kier alpha value is -3.29. The molecule has 1 aromatic carbocycles. The Morgan fingerprint density at radius 1 is 1.11 bits per heavy atom. The molecule has 8 nitrogen and oxygen atoms in total. The van der Waals surface area contributed by atoms with E-state index in [9.17, 15) is 9.59 Å². The van der Waals surface area contributed by atoms with Gasteiger partial charge in [-0.25, -0.2) is 4.79 Å². The highest BCUT2D eigenvalue weighted by Gasteiger charge is 2.20. The van der Waals surface area contributed by atoms with Crippen molar-refractivity contribution in [3.8, 4) is 11.5 Å². The molecule has 2 rings (SSSR count). The van der Waals surface area contributed by atoms with Crippen LogP contribution in [-0.2, 0) is 20.8 Å². The highest BCUT2D eigenvalue weighted by Crippen LogP contribution is 2.27. The second kappa shape index (κ2) is 9.59.